The molecule has 0 N–H and O–H groups in total. The van der Waals surface area contributed by atoms with Gasteiger partial charge in [-0.05, 0) is 103 Å². The molecule has 9 nitrogen and oxygen atoms in total. The number of esters is 2. The van der Waals surface area contributed by atoms with E-state index in [-0.39, 0.29) is 26.1 Å². The largest absolute Gasteiger partial charge is 0.756 e. The first-order chi connectivity index (χ1) is 35.0. The van der Waals surface area contributed by atoms with Gasteiger partial charge in [-0.1, -0.05) is 211 Å². The van der Waals surface area contributed by atoms with Crippen LogP contribution in [0.2, 0.25) is 0 Å². The number of unbranched alkanes of at least 4 members (excludes halogenated alkanes) is 10. The predicted octanol–water partition coefficient (Wildman–Crippen LogP) is 16.5. The molecule has 0 aliphatic heterocycles. The van der Waals surface area contributed by atoms with Crippen LogP contribution in [0.25, 0.3) is 0 Å². The van der Waals surface area contributed by atoms with Gasteiger partial charge < -0.3 is 27.9 Å². The van der Waals surface area contributed by atoms with Gasteiger partial charge in [0.25, 0.3) is 7.82 Å². The molecule has 0 rings (SSSR count). The molecular formula is C62H100NO8P. The van der Waals surface area contributed by atoms with E-state index < -0.39 is 32.5 Å². The second-order valence-corrected chi connectivity index (χ2v) is 20.2. The van der Waals surface area contributed by atoms with Crippen molar-refractivity contribution in [2.75, 3.05) is 47.5 Å². The lowest BCUT2D eigenvalue weighted by Crippen LogP contribution is -2.37. The Hall–Kier alpha value is -4.11. The Bertz CT molecular complexity index is 1720. The highest BCUT2D eigenvalue weighted by molar-refractivity contribution is 7.45. The number of hydrogen-bond donors (Lipinski definition) is 0. The lowest BCUT2D eigenvalue weighted by Gasteiger charge is -2.28. The van der Waals surface area contributed by atoms with Crippen LogP contribution in [-0.4, -0.2) is 70.0 Å². The lowest BCUT2D eigenvalue weighted by molar-refractivity contribution is -0.870. The zero-order valence-corrected chi connectivity index (χ0v) is 46.7. The monoisotopic (exact) mass is 1020 g/mol. The normalized spacial score (nSPS) is 14.5. The summed E-state index contributed by atoms with van der Waals surface area (Å²) in [5.74, 6) is -0.947. The summed E-state index contributed by atoms with van der Waals surface area (Å²) < 4.78 is 33.9. The van der Waals surface area contributed by atoms with Crippen molar-refractivity contribution < 1.29 is 42.1 Å². The third-order valence-corrected chi connectivity index (χ3v) is 11.8. The summed E-state index contributed by atoms with van der Waals surface area (Å²) in [6.45, 7) is 3.88. The number of phosphoric acid groups is 1. The fourth-order valence-electron chi connectivity index (χ4n) is 6.68. The number of likely N-dealkylation sites (N-methyl/N-ethyl adjacent to an activating group) is 1. The molecule has 0 aromatic heterocycles. The van der Waals surface area contributed by atoms with Crippen molar-refractivity contribution in [3.8, 4) is 0 Å². The highest BCUT2D eigenvalue weighted by Gasteiger charge is 2.21. The topological polar surface area (TPSA) is 111 Å². The van der Waals surface area contributed by atoms with Crippen molar-refractivity contribution in [2.45, 2.75) is 187 Å². The maximum Gasteiger partial charge on any atom is 0.306 e. The summed E-state index contributed by atoms with van der Waals surface area (Å²) >= 11 is 0. The zero-order valence-electron chi connectivity index (χ0n) is 45.8. The van der Waals surface area contributed by atoms with Crippen molar-refractivity contribution in [1.82, 2.24) is 0 Å². The standard InChI is InChI=1S/C62H100NO8P/c1-6-8-10-12-14-16-18-20-21-22-23-24-25-26-27-28-29-30-31-32-33-34-35-36-37-38-39-40-41-43-45-47-49-51-53-55-62(65)71-60(59-70-72(66,67)69-57-56-63(3,4)5)58-68-61(64)54-52-50-48-46-44-42-19-17-15-13-11-9-7-2/h8-11,14-17,20-21,23-24,26-27,29-30,32-33,35-36,42,44,48,50,60H,6-7,12-13,18-19,22,25,28,31,34,37-41,43,45-47,49,51-59H2,1-5H3/b10-8-,11-9-,16-14-,17-15-,21-20-,24-23-,27-26-,30-29-,33-32-,36-35-,44-42-,50-48-. The van der Waals surface area contributed by atoms with E-state index >= 15 is 0 Å². The average Bonchev–Trinajstić information content (AvgIpc) is 3.34. The minimum atomic E-state index is -4.66. The molecule has 0 aromatic carbocycles. The molecule has 0 saturated carbocycles. The van der Waals surface area contributed by atoms with Crippen molar-refractivity contribution in [1.29, 1.82) is 0 Å². The van der Waals surface area contributed by atoms with Gasteiger partial charge in [-0.3, -0.25) is 14.2 Å². The Morgan fingerprint density at radius 2 is 0.778 bits per heavy atom. The maximum atomic E-state index is 12.8. The van der Waals surface area contributed by atoms with Crippen LogP contribution >= 0.6 is 7.82 Å². The van der Waals surface area contributed by atoms with Gasteiger partial charge in [-0.2, -0.15) is 0 Å². The van der Waals surface area contributed by atoms with Gasteiger partial charge in [-0.15, -0.1) is 0 Å². The Balaban J connectivity index is 4.18. The summed E-state index contributed by atoms with van der Waals surface area (Å²) in [4.78, 5) is 37.7. The van der Waals surface area contributed by atoms with E-state index in [9.17, 15) is 19.0 Å². The van der Waals surface area contributed by atoms with Gasteiger partial charge >= 0.3 is 11.9 Å². The van der Waals surface area contributed by atoms with Crippen LogP contribution in [0.4, 0.5) is 0 Å². The van der Waals surface area contributed by atoms with Gasteiger partial charge in [0.2, 0.25) is 0 Å². The summed E-state index contributed by atoms with van der Waals surface area (Å²) in [7, 11) is 1.10. The van der Waals surface area contributed by atoms with Gasteiger partial charge in [-0.25, -0.2) is 0 Å². The molecule has 0 bridgehead atoms. The fraction of sp³-hybridized carbons (Fsp3) is 0.581. The van der Waals surface area contributed by atoms with Crippen LogP contribution in [0.3, 0.4) is 0 Å². The third-order valence-electron chi connectivity index (χ3n) is 10.9. The molecule has 0 radical (unpaired) electrons. The third kappa shape index (κ3) is 55.2. The Kier molecular flexibility index (Phi) is 48.8. The van der Waals surface area contributed by atoms with E-state index in [1.54, 1.807) is 0 Å². The number of rotatable bonds is 48. The summed E-state index contributed by atoms with van der Waals surface area (Å²) in [5.41, 5.74) is 0. The Labute approximate surface area is 440 Å². The molecule has 0 aliphatic carbocycles. The van der Waals surface area contributed by atoms with Crippen LogP contribution in [0.5, 0.6) is 0 Å². The van der Waals surface area contributed by atoms with E-state index in [2.05, 4.69) is 148 Å². The molecule has 0 spiro atoms. The smallest absolute Gasteiger partial charge is 0.306 e. The van der Waals surface area contributed by atoms with Gasteiger partial charge in [0.15, 0.2) is 6.10 Å². The molecule has 0 aliphatic rings. The highest BCUT2D eigenvalue weighted by atomic mass is 31.2. The molecule has 72 heavy (non-hydrogen) atoms. The molecule has 10 heteroatoms. The zero-order chi connectivity index (χ0) is 52.7. The van der Waals surface area contributed by atoms with Crippen LogP contribution in [0.1, 0.15) is 181 Å². The molecule has 0 aromatic rings. The minimum Gasteiger partial charge on any atom is -0.756 e. The van der Waals surface area contributed by atoms with Gasteiger partial charge in [0.05, 0.1) is 27.7 Å². The SMILES string of the molecule is CC/C=C\C/C=C\C/C=C\C/C=C\C/C=C\C/C=C\C/C=C\C/C=C\CCCCCCCCCCCCC(=O)OC(COC(=O)CC/C=C\C/C=C\C/C=C\C/C=C\CC)COP(=O)([O-])OCC[N+](C)(C)C. The van der Waals surface area contributed by atoms with Crippen molar-refractivity contribution >= 4 is 19.8 Å². The number of hydrogen-bond acceptors (Lipinski definition) is 8. The number of allylic oxidation sites excluding steroid dienone is 24. The van der Waals surface area contributed by atoms with E-state index in [1.807, 2.05) is 33.3 Å². The van der Waals surface area contributed by atoms with E-state index in [4.69, 9.17) is 18.5 Å². The first kappa shape index (κ1) is 67.9. The van der Waals surface area contributed by atoms with E-state index in [0.29, 0.717) is 23.9 Å². The highest BCUT2D eigenvalue weighted by Crippen LogP contribution is 2.38. The molecular weight excluding hydrogens is 918 g/mol. The number of nitrogens with zero attached hydrogens (tertiary/aromatic N) is 1. The molecule has 0 saturated heterocycles. The Morgan fingerprint density at radius 3 is 1.17 bits per heavy atom. The second kappa shape index (κ2) is 51.8. The summed E-state index contributed by atoms with van der Waals surface area (Å²) in [6, 6.07) is 0. The molecule has 0 fully saturated rings. The lowest BCUT2D eigenvalue weighted by atomic mass is 10.0. The molecule has 406 valence electrons. The molecule has 2 unspecified atom stereocenters. The number of ether oxygens (including phenoxy) is 2. The number of quaternary nitrogens is 1. The quantitative estimate of drug-likeness (QED) is 0.0195. The summed E-state index contributed by atoms with van der Waals surface area (Å²) in [5, 5.41) is 0. The van der Waals surface area contributed by atoms with Crippen LogP contribution in [0.15, 0.2) is 146 Å². The van der Waals surface area contributed by atoms with Crippen molar-refractivity contribution in [3.63, 3.8) is 0 Å². The number of carbonyl (C=O) groups excluding carboxylic acids is 2. The summed E-state index contributed by atoms with van der Waals surface area (Å²) in [6.07, 6.45) is 76.3. The van der Waals surface area contributed by atoms with Crippen molar-refractivity contribution in [2.24, 2.45) is 0 Å². The maximum absolute atomic E-state index is 12.8. The first-order valence-corrected chi connectivity index (χ1v) is 29.0. The van der Waals surface area contributed by atoms with Crippen LogP contribution in [0, 0.1) is 0 Å². The van der Waals surface area contributed by atoms with Crippen molar-refractivity contribution in [3.05, 3.63) is 146 Å². The fourth-order valence-corrected chi connectivity index (χ4v) is 7.41. The first-order valence-electron chi connectivity index (χ1n) is 27.5. The molecule has 0 heterocycles. The molecule has 2 atom stereocenters. The van der Waals surface area contributed by atoms with E-state index in [0.717, 1.165) is 103 Å². The van der Waals surface area contributed by atoms with Gasteiger partial charge in [0.1, 0.15) is 19.8 Å². The molecule has 0 amide bonds. The average molecular weight is 1020 g/mol. The van der Waals surface area contributed by atoms with Crippen LogP contribution in [-0.2, 0) is 32.7 Å². The van der Waals surface area contributed by atoms with Crippen LogP contribution < -0.4 is 4.89 Å². The predicted molar refractivity (Wildman–Crippen MR) is 304 cm³/mol. The number of carbonyl (C=O) groups is 2. The Morgan fingerprint density at radius 1 is 0.431 bits per heavy atom. The van der Waals surface area contributed by atoms with Gasteiger partial charge in [0, 0.05) is 12.8 Å². The minimum absolute atomic E-state index is 0.0500. The van der Waals surface area contributed by atoms with E-state index in [1.165, 1.54) is 38.5 Å². The second-order valence-electron chi connectivity index (χ2n) is 18.8. The number of phosphoric ester groups is 1.